The fraction of sp³-hybridized carbons (Fsp3) is 0.400. The molecule has 0 radical (unpaired) electrons. The molecule has 0 spiro atoms. The number of esters is 1. The Balaban J connectivity index is 2.33. The van der Waals surface area contributed by atoms with E-state index in [1.807, 2.05) is 0 Å². The molecule has 0 bridgehead atoms. The molecule has 2 N–H and O–H groups in total. The molecule has 0 unspecified atom stereocenters. The number of hydrogen-bond acceptors (Lipinski definition) is 5. The maximum absolute atomic E-state index is 12.9. The normalized spacial score (nSPS) is 11.3. The number of amides is 2. The molecule has 1 aromatic rings. The Kier molecular flexibility index (Phi) is 7.97. The third kappa shape index (κ3) is 6.82. The average molecular weight is 361 g/mol. The quantitative estimate of drug-likeness (QED) is 0.676. The summed E-state index contributed by atoms with van der Waals surface area (Å²) in [6.07, 6.45) is 0. The molecular weight excluding hydrogens is 343 g/mol. The van der Waals surface area contributed by atoms with Crippen molar-refractivity contribution in [3.8, 4) is 5.75 Å². The van der Waals surface area contributed by atoms with Gasteiger partial charge in [0.1, 0.15) is 17.6 Å². The van der Waals surface area contributed by atoms with Crippen LogP contribution >= 0.6 is 11.6 Å². The lowest BCUT2D eigenvalue weighted by molar-refractivity contribution is -0.150. The number of halogens is 2. The van der Waals surface area contributed by atoms with Crippen LogP contribution in [0.1, 0.15) is 13.8 Å². The summed E-state index contributed by atoms with van der Waals surface area (Å²) in [6.45, 7) is 2.65. The number of rotatable bonds is 8. The Morgan fingerprint density at radius 3 is 2.62 bits per heavy atom. The van der Waals surface area contributed by atoms with E-state index in [4.69, 9.17) is 21.1 Å². The second-order valence-corrected chi connectivity index (χ2v) is 5.12. The highest BCUT2D eigenvalue weighted by molar-refractivity contribution is 6.32. The predicted molar refractivity (Wildman–Crippen MR) is 84.2 cm³/mol. The van der Waals surface area contributed by atoms with E-state index >= 15 is 0 Å². The second kappa shape index (κ2) is 9.71. The van der Waals surface area contributed by atoms with Gasteiger partial charge in [0.15, 0.2) is 13.2 Å². The molecule has 24 heavy (non-hydrogen) atoms. The van der Waals surface area contributed by atoms with Gasteiger partial charge in [-0.3, -0.25) is 9.59 Å². The summed E-state index contributed by atoms with van der Waals surface area (Å²) >= 11 is 5.73. The second-order valence-electron chi connectivity index (χ2n) is 4.71. The van der Waals surface area contributed by atoms with Crippen LogP contribution < -0.4 is 15.4 Å². The summed E-state index contributed by atoms with van der Waals surface area (Å²) in [5.41, 5.74) is 0. The minimum absolute atomic E-state index is 0.0105. The van der Waals surface area contributed by atoms with Crippen molar-refractivity contribution in [1.82, 2.24) is 10.6 Å². The average Bonchev–Trinajstić information content (AvgIpc) is 2.52. The van der Waals surface area contributed by atoms with Gasteiger partial charge in [0.2, 0.25) is 5.91 Å². The number of carbonyl (C=O) groups excluding carboxylic acids is 3. The highest BCUT2D eigenvalue weighted by Gasteiger charge is 2.16. The van der Waals surface area contributed by atoms with Gasteiger partial charge in [-0.05, 0) is 32.0 Å². The van der Waals surface area contributed by atoms with E-state index in [9.17, 15) is 18.8 Å². The molecule has 0 aliphatic rings. The van der Waals surface area contributed by atoms with Crippen LogP contribution in [0.15, 0.2) is 18.2 Å². The van der Waals surface area contributed by atoms with Crippen molar-refractivity contribution >= 4 is 29.4 Å². The molecule has 1 aromatic carbocycles. The third-order valence-electron chi connectivity index (χ3n) is 2.73. The molecule has 7 nitrogen and oxygen atoms in total. The van der Waals surface area contributed by atoms with Gasteiger partial charge in [-0.25, -0.2) is 9.18 Å². The Morgan fingerprint density at radius 2 is 2.00 bits per heavy atom. The molecule has 2 amide bonds. The molecule has 0 fully saturated rings. The molecular formula is C15H18ClFN2O5. The van der Waals surface area contributed by atoms with E-state index in [0.29, 0.717) is 6.54 Å². The van der Waals surface area contributed by atoms with E-state index in [1.54, 1.807) is 6.92 Å². The minimum atomic E-state index is -0.809. The Labute approximate surface area is 143 Å². The standard InChI is InChI=1S/C15H18ClFN2O5/c1-3-18-15(22)9(2)19-13(20)7-24-14(21)8-23-12-5-4-10(17)6-11(12)16/h4-6,9H,3,7-8H2,1-2H3,(H,18,22)(H,19,20)/t9-/m0/s1. The molecule has 0 aromatic heterocycles. The Hall–Kier alpha value is -2.35. The van der Waals surface area contributed by atoms with Crippen LogP contribution in [-0.4, -0.2) is 43.6 Å². The van der Waals surface area contributed by atoms with Gasteiger partial charge in [0.25, 0.3) is 5.91 Å². The van der Waals surface area contributed by atoms with Crippen molar-refractivity contribution in [2.45, 2.75) is 19.9 Å². The SMILES string of the molecule is CCNC(=O)[C@H](C)NC(=O)COC(=O)COc1ccc(F)cc1Cl. The zero-order valence-electron chi connectivity index (χ0n) is 13.2. The largest absolute Gasteiger partial charge is 0.480 e. The summed E-state index contributed by atoms with van der Waals surface area (Å²) in [7, 11) is 0. The number of hydrogen-bond donors (Lipinski definition) is 2. The van der Waals surface area contributed by atoms with Crippen molar-refractivity contribution in [2.24, 2.45) is 0 Å². The summed E-state index contributed by atoms with van der Waals surface area (Å²) in [6, 6.07) is 2.69. The summed E-state index contributed by atoms with van der Waals surface area (Å²) in [5, 5.41) is 4.93. The first-order chi connectivity index (χ1) is 11.3. The predicted octanol–water partition coefficient (Wildman–Crippen LogP) is 1.04. The van der Waals surface area contributed by atoms with E-state index in [-0.39, 0.29) is 16.7 Å². The molecule has 1 rings (SSSR count). The highest BCUT2D eigenvalue weighted by Crippen LogP contribution is 2.24. The summed E-state index contributed by atoms with van der Waals surface area (Å²) in [4.78, 5) is 34.5. The first-order valence-corrected chi connectivity index (χ1v) is 7.51. The van der Waals surface area contributed by atoms with Crippen LogP contribution in [0.4, 0.5) is 4.39 Å². The molecule has 132 valence electrons. The van der Waals surface area contributed by atoms with E-state index in [2.05, 4.69) is 10.6 Å². The van der Waals surface area contributed by atoms with Crippen molar-refractivity contribution in [3.63, 3.8) is 0 Å². The lowest BCUT2D eigenvalue weighted by Gasteiger charge is -2.13. The van der Waals surface area contributed by atoms with E-state index < -0.39 is 36.9 Å². The molecule has 0 heterocycles. The topological polar surface area (TPSA) is 93.7 Å². The number of likely N-dealkylation sites (N-methyl/N-ethyl adjacent to an activating group) is 1. The number of ether oxygens (including phenoxy) is 2. The lowest BCUT2D eigenvalue weighted by atomic mass is 10.3. The van der Waals surface area contributed by atoms with Crippen LogP contribution in [0, 0.1) is 5.82 Å². The van der Waals surface area contributed by atoms with Crippen molar-refractivity contribution < 1.29 is 28.2 Å². The Bertz CT molecular complexity index is 612. The van der Waals surface area contributed by atoms with Gasteiger partial charge in [-0.15, -0.1) is 0 Å². The van der Waals surface area contributed by atoms with Gasteiger partial charge >= 0.3 is 5.97 Å². The zero-order chi connectivity index (χ0) is 18.1. The lowest BCUT2D eigenvalue weighted by Crippen LogP contribution is -2.46. The van der Waals surface area contributed by atoms with Gasteiger partial charge < -0.3 is 20.1 Å². The molecule has 0 aliphatic heterocycles. The fourth-order valence-corrected chi connectivity index (χ4v) is 1.81. The first kappa shape index (κ1) is 19.7. The van der Waals surface area contributed by atoms with Crippen LogP contribution in [0.3, 0.4) is 0 Å². The third-order valence-corrected chi connectivity index (χ3v) is 3.02. The fourth-order valence-electron chi connectivity index (χ4n) is 1.59. The minimum Gasteiger partial charge on any atom is -0.480 e. The van der Waals surface area contributed by atoms with Gasteiger partial charge in [0, 0.05) is 6.54 Å². The first-order valence-electron chi connectivity index (χ1n) is 7.14. The zero-order valence-corrected chi connectivity index (χ0v) is 14.0. The highest BCUT2D eigenvalue weighted by atomic mass is 35.5. The summed E-state index contributed by atoms with van der Waals surface area (Å²) < 4.78 is 22.6. The van der Waals surface area contributed by atoms with Crippen molar-refractivity contribution in [1.29, 1.82) is 0 Å². The molecule has 0 saturated heterocycles. The van der Waals surface area contributed by atoms with E-state index in [0.717, 1.165) is 12.1 Å². The molecule has 1 atom stereocenters. The van der Waals surface area contributed by atoms with Crippen LogP contribution in [0.5, 0.6) is 5.75 Å². The number of nitrogens with one attached hydrogen (secondary N) is 2. The number of carbonyl (C=O) groups is 3. The maximum atomic E-state index is 12.9. The smallest absolute Gasteiger partial charge is 0.344 e. The van der Waals surface area contributed by atoms with Gasteiger partial charge in [-0.1, -0.05) is 11.6 Å². The monoisotopic (exact) mass is 360 g/mol. The maximum Gasteiger partial charge on any atom is 0.344 e. The van der Waals surface area contributed by atoms with Crippen LogP contribution in [0.25, 0.3) is 0 Å². The summed E-state index contributed by atoms with van der Waals surface area (Å²) in [5.74, 6) is -2.19. The van der Waals surface area contributed by atoms with Crippen LogP contribution in [0.2, 0.25) is 5.02 Å². The van der Waals surface area contributed by atoms with Crippen molar-refractivity contribution in [2.75, 3.05) is 19.8 Å². The Morgan fingerprint density at radius 1 is 1.29 bits per heavy atom. The molecule has 0 saturated carbocycles. The molecule has 9 heteroatoms. The van der Waals surface area contributed by atoms with Gasteiger partial charge in [0.05, 0.1) is 5.02 Å². The number of benzene rings is 1. The van der Waals surface area contributed by atoms with Crippen molar-refractivity contribution in [3.05, 3.63) is 29.0 Å². The van der Waals surface area contributed by atoms with Gasteiger partial charge in [-0.2, -0.15) is 0 Å². The molecule has 0 aliphatic carbocycles. The van der Waals surface area contributed by atoms with Crippen LogP contribution in [-0.2, 0) is 19.1 Å². The van der Waals surface area contributed by atoms with E-state index in [1.165, 1.54) is 13.0 Å².